The van der Waals surface area contributed by atoms with Gasteiger partial charge in [-0.3, -0.25) is 0 Å². The van der Waals surface area contributed by atoms with Gasteiger partial charge in [0.1, 0.15) is 0 Å². The van der Waals surface area contributed by atoms with E-state index in [1.165, 1.54) is 24.8 Å². The smallest absolute Gasteiger partial charge is 0.234 e. The first-order valence-corrected chi connectivity index (χ1v) is 7.44. The summed E-state index contributed by atoms with van der Waals surface area (Å²) in [5.41, 5.74) is 1.34. The molecule has 1 saturated carbocycles. The molecule has 2 aliphatic rings. The highest BCUT2D eigenvalue weighted by Gasteiger charge is 2.51. The summed E-state index contributed by atoms with van der Waals surface area (Å²) in [6.07, 6.45) is 4.49. The molecular formula is C16H19N3O. The molecule has 4 nitrogen and oxygen atoms in total. The van der Waals surface area contributed by atoms with Gasteiger partial charge in [0.25, 0.3) is 0 Å². The molecule has 0 amide bonds. The van der Waals surface area contributed by atoms with Gasteiger partial charge in [-0.1, -0.05) is 41.9 Å². The average Bonchev–Trinajstić information content (AvgIpc) is 3.13. The molecule has 0 radical (unpaired) electrons. The monoisotopic (exact) mass is 269 g/mol. The number of benzene rings is 1. The van der Waals surface area contributed by atoms with Crippen LogP contribution >= 0.6 is 0 Å². The summed E-state index contributed by atoms with van der Waals surface area (Å²) < 4.78 is 5.62. The summed E-state index contributed by atoms with van der Waals surface area (Å²) >= 11 is 0. The topological polar surface area (TPSA) is 51.0 Å². The maximum Gasteiger partial charge on any atom is 0.234 e. The SMILES string of the molecule is c1ccc(Cc2noc([C@@]34CCC[C@H]3CNC4)n2)cc1. The maximum atomic E-state index is 5.62. The summed E-state index contributed by atoms with van der Waals surface area (Å²) in [5.74, 6) is 2.33. The molecule has 1 aromatic carbocycles. The van der Waals surface area contributed by atoms with Crippen LogP contribution in [0.4, 0.5) is 0 Å². The highest BCUT2D eigenvalue weighted by molar-refractivity contribution is 5.20. The predicted molar refractivity (Wildman–Crippen MR) is 75.4 cm³/mol. The molecule has 0 bridgehead atoms. The van der Waals surface area contributed by atoms with Crippen LogP contribution < -0.4 is 5.32 Å². The van der Waals surface area contributed by atoms with Gasteiger partial charge in [-0.2, -0.15) is 4.98 Å². The van der Waals surface area contributed by atoms with E-state index in [-0.39, 0.29) is 5.41 Å². The Morgan fingerprint density at radius 2 is 2.20 bits per heavy atom. The molecule has 20 heavy (non-hydrogen) atoms. The summed E-state index contributed by atoms with van der Waals surface area (Å²) in [4.78, 5) is 4.70. The van der Waals surface area contributed by atoms with Crippen molar-refractivity contribution in [3.05, 3.63) is 47.6 Å². The van der Waals surface area contributed by atoms with E-state index in [0.29, 0.717) is 5.92 Å². The van der Waals surface area contributed by atoms with Crippen molar-refractivity contribution in [2.75, 3.05) is 13.1 Å². The van der Waals surface area contributed by atoms with Crippen LogP contribution in [-0.4, -0.2) is 23.2 Å². The molecule has 4 rings (SSSR count). The standard InChI is InChI=1S/C16H19N3O/c1-2-5-12(6-3-1)9-14-18-15(20-19-14)16-8-4-7-13(16)10-17-11-16/h1-3,5-6,13,17H,4,7-11H2/t13-,16+/m0/s1. The molecule has 1 saturated heterocycles. The quantitative estimate of drug-likeness (QED) is 0.929. The zero-order chi connectivity index (χ0) is 13.4. The van der Waals surface area contributed by atoms with Crippen molar-refractivity contribution in [3.63, 3.8) is 0 Å². The van der Waals surface area contributed by atoms with Crippen LogP contribution in [0.3, 0.4) is 0 Å². The van der Waals surface area contributed by atoms with Gasteiger partial charge in [0, 0.05) is 13.0 Å². The second-order valence-corrected chi connectivity index (χ2v) is 6.05. The van der Waals surface area contributed by atoms with Gasteiger partial charge in [-0.15, -0.1) is 0 Å². The minimum Gasteiger partial charge on any atom is -0.339 e. The second kappa shape index (κ2) is 4.70. The van der Waals surface area contributed by atoms with E-state index in [1.807, 2.05) is 18.2 Å². The Bertz CT molecular complexity index is 583. The average molecular weight is 269 g/mol. The largest absolute Gasteiger partial charge is 0.339 e. The third-order valence-electron chi connectivity index (χ3n) is 4.89. The van der Waals surface area contributed by atoms with E-state index in [1.54, 1.807) is 0 Å². The van der Waals surface area contributed by atoms with Crippen molar-refractivity contribution in [1.29, 1.82) is 0 Å². The molecule has 0 spiro atoms. The van der Waals surface area contributed by atoms with Crippen LogP contribution in [0.15, 0.2) is 34.9 Å². The number of hydrogen-bond acceptors (Lipinski definition) is 4. The van der Waals surface area contributed by atoms with Gasteiger partial charge in [0.2, 0.25) is 5.89 Å². The van der Waals surface area contributed by atoms with Gasteiger partial charge >= 0.3 is 0 Å². The lowest BCUT2D eigenvalue weighted by Gasteiger charge is -2.22. The Hall–Kier alpha value is -1.68. The number of fused-ring (bicyclic) bond motifs is 1. The van der Waals surface area contributed by atoms with Gasteiger partial charge < -0.3 is 9.84 Å². The van der Waals surface area contributed by atoms with Gasteiger partial charge in [-0.25, -0.2) is 0 Å². The fourth-order valence-electron chi connectivity index (χ4n) is 3.81. The Labute approximate surface area is 118 Å². The second-order valence-electron chi connectivity index (χ2n) is 6.05. The highest BCUT2D eigenvalue weighted by atomic mass is 16.5. The van der Waals surface area contributed by atoms with Crippen molar-refractivity contribution in [1.82, 2.24) is 15.5 Å². The van der Waals surface area contributed by atoms with Crippen LogP contribution in [0.25, 0.3) is 0 Å². The molecule has 2 fully saturated rings. The minimum atomic E-state index is 0.113. The van der Waals surface area contributed by atoms with Crippen LogP contribution in [0.1, 0.15) is 36.5 Å². The Kier molecular flexibility index (Phi) is 2.84. The molecule has 1 aliphatic heterocycles. The number of nitrogens with zero attached hydrogens (tertiary/aromatic N) is 2. The third-order valence-corrected chi connectivity index (χ3v) is 4.89. The lowest BCUT2D eigenvalue weighted by Crippen LogP contribution is -2.31. The minimum absolute atomic E-state index is 0.113. The van der Waals surface area contributed by atoms with E-state index in [0.717, 1.165) is 31.2 Å². The lowest BCUT2D eigenvalue weighted by atomic mass is 9.80. The van der Waals surface area contributed by atoms with E-state index >= 15 is 0 Å². The van der Waals surface area contributed by atoms with Crippen LogP contribution in [0.5, 0.6) is 0 Å². The number of hydrogen-bond donors (Lipinski definition) is 1. The Morgan fingerprint density at radius 3 is 3.10 bits per heavy atom. The molecule has 1 aromatic heterocycles. The normalized spacial score (nSPS) is 28.7. The molecule has 2 atom stereocenters. The van der Waals surface area contributed by atoms with Crippen LogP contribution in [-0.2, 0) is 11.8 Å². The lowest BCUT2D eigenvalue weighted by molar-refractivity contribution is 0.264. The number of rotatable bonds is 3. The zero-order valence-electron chi connectivity index (χ0n) is 11.5. The van der Waals surface area contributed by atoms with E-state index in [4.69, 9.17) is 9.51 Å². The fourth-order valence-corrected chi connectivity index (χ4v) is 3.81. The van der Waals surface area contributed by atoms with Gasteiger partial charge in [0.15, 0.2) is 5.82 Å². The maximum absolute atomic E-state index is 5.62. The summed E-state index contributed by atoms with van der Waals surface area (Å²) in [6.45, 7) is 2.08. The molecule has 0 unspecified atom stereocenters. The van der Waals surface area contributed by atoms with E-state index in [2.05, 4.69) is 22.6 Å². The molecular weight excluding hydrogens is 250 g/mol. The molecule has 4 heteroatoms. The number of aromatic nitrogens is 2. The van der Waals surface area contributed by atoms with Crippen molar-refractivity contribution >= 4 is 0 Å². The number of nitrogens with one attached hydrogen (secondary N) is 1. The fraction of sp³-hybridized carbons (Fsp3) is 0.500. The predicted octanol–water partition coefficient (Wildman–Crippen LogP) is 2.30. The van der Waals surface area contributed by atoms with Crippen molar-refractivity contribution in [2.24, 2.45) is 5.92 Å². The first-order chi connectivity index (χ1) is 9.87. The van der Waals surface area contributed by atoms with Gasteiger partial charge in [-0.05, 0) is 30.9 Å². The van der Waals surface area contributed by atoms with Crippen LogP contribution in [0.2, 0.25) is 0 Å². The highest BCUT2D eigenvalue weighted by Crippen LogP contribution is 2.47. The van der Waals surface area contributed by atoms with E-state index in [9.17, 15) is 0 Å². The van der Waals surface area contributed by atoms with Crippen molar-refractivity contribution in [3.8, 4) is 0 Å². The first kappa shape index (κ1) is 12.1. The van der Waals surface area contributed by atoms with Crippen molar-refractivity contribution in [2.45, 2.75) is 31.1 Å². The zero-order valence-corrected chi connectivity index (χ0v) is 11.5. The first-order valence-electron chi connectivity index (χ1n) is 7.44. The summed E-state index contributed by atoms with van der Waals surface area (Å²) in [6, 6.07) is 10.3. The molecule has 2 heterocycles. The molecule has 104 valence electrons. The third kappa shape index (κ3) is 1.86. The Balaban J connectivity index is 1.59. The molecule has 1 aliphatic carbocycles. The van der Waals surface area contributed by atoms with Gasteiger partial charge in [0.05, 0.1) is 5.41 Å². The van der Waals surface area contributed by atoms with Crippen molar-refractivity contribution < 1.29 is 4.52 Å². The summed E-state index contributed by atoms with van der Waals surface area (Å²) in [7, 11) is 0. The molecule has 1 N–H and O–H groups in total. The van der Waals surface area contributed by atoms with Crippen LogP contribution in [0, 0.1) is 5.92 Å². The summed E-state index contributed by atoms with van der Waals surface area (Å²) in [5, 5.41) is 7.69. The Morgan fingerprint density at radius 1 is 1.30 bits per heavy atom. The molecule has 2 aromatic rings. The van der Waals surface area contributed by atoms with E-state index < -0.39 is 0 Å².